The molecule has 3 aromatic heterocycles. The van der Waals surface area contributed by atoms with Crippen LogP contribution in [0.25, 0.3) is 54.4 Å². The van der Waals surface area contributed by atoms with E-state index in [9.17, 15) is 9.90 Å². The Bertz CT molecular complexity index is 2240. The van der Waals surface area contributed by atoms with E-state index in [1.165, 1.54) is 32.7 Å². The molecule has 1 radical (unpaired) electrons. The predicted molar refractivity (Wildman–Crippen MR) is 227 cm³/mol. The van der Waals surface area contributed by atoms with Gasteiger partial charge in [-0.25, -0.2) is 0 Å². The molecule has 0 unspecified atom stereocenters. The van der Waals surface area contributed by atoms with Crippen LogP contribution in [0.2, 0.25) is 0 Å². The van der Waals surface area contributed by atoms with Gasteiger partial charge in [-0.05, 0) is 67.2 Å². The van der Waals surface area contributed by atoms with Gasteiger partial charge in [0.1, 0.15) is 17.1 Å². The second kappa shape index (κ2) is 17.5. The zero-order chi connectivity index (χ0) is 38.7. The summed E-state index contributed by atoms with van der Waals surface area (Å²) in [5.41, 5.74) is 6.01. The molecule has 0 saturated carbocycles. The molecule has 0 aliphatic carbocycles. The van der Waals surface area contributed by atoms with Crippen LogP contribution in [0, 0.1) is 22.8 Å². The Balaban J connectivity index is 0.000000309. The van der Waals surface area contributed by atoms with Gasteiger partial charge in [-0.2, -0.15) is 0 Å². The number of carbonyl (C=O) groups excluding carboxylic acids is 1. The third-order valence-electron chi connectivity index (χ3n) is 11.4. The van der Waals surface area contributed by atoms with Crippen LogP contribution in [0.4, 0.5) is 0 Å². The van der Waals surface area contributed by atoms with Crippen molar-refractivity contribution in [1.82, 2.24) is 4.98 Å². The van der Waals surface area contributed by atoms with Crippen molar-refractivity contribution in [3.63, 3.8) is 0 Å². The molecule has 0 spiro atoms. The minimum absolute atomic E-state index is 0. The third-order valence-corrected chi connectivity index (χ3v) is 12.4. The first-order valence-electron chi connectivity index (χ1n) is 19.4. The van der Waals surface area contributed by atoms with Gasteiger partial charge in [0.05, 0.1) is 0 Å². The fourth-order valence-electron chi connectivity index (χ4n) is 6.83. The zero-order valence-electron chi connectivity index (χ0n) is 34.1. The fraction of sp³-hybridized carbons (Fsp3) is 0.417. The molecule has 4 nitrogen and oxygen atoms in total. The first-order chi connectivity index (χ1) is 25.1. The summed E-state index contributed by atoms with van der Waals surface area (Å²) in [6.45, 7) is 23.4. The van der Waals surface area contributed by atoms with E-state index in [0.717, 1.165) is 71.0 Å². The molecule has 0 aliphatic rings. The van der Waals surface area contributed by atoms with E-state index in [1.54, 1.807) is 11.3 Å². The van der Waals surface area contributed by atoms with Crippen LogP contribution < -0.4 is 0 Å². The number of ketones is 1. The number of allylic oxidation sites excluding steroid dienone is 2. The van der Waals surface area contributed by atoms with Crippen molar-refractivity contribution in [1.29, 1.82) is 0 Å². The molecule has 289 valence electrons. The van der Waals surface area contributed by atoms with Crippen LogP contribution in [0.15, 0.2) is 88.5 Å². The normalized spacial score (nSPS) is 12.6. The minimum Gasteiger partial charge on any atom is -0.512 e. The minimum atomic E-state index is -0.337. The number of thiophene rings is 1. The van der Waals surface area contributed by atoms with Crippen molar-refractivity contribution < 1.29 is 34.4 Å². The second-order valence-electron chi connectivity index (χ2n) is 16.6. The number of carbonyl (C=O) groups is 1. The van der Waals surface area contributed by atoms with E-state index in [1.807, 2.05) is 53.8 Å². The van der Waals surface area contributed by atoms with Crippen LogP contribution >= 0.6 is 11.3 Å². The second-order valence-corrected chi connectivity index (χ2v) is 17.5. The summed E-state index contributed by atoms with van der Waals surface area (Å²) in [5.74, 6) is 1.82. The van der Waals surface area contributed by atoms with Crippen LogP contribution in [0.3, 0.4) is 0 Å². The fourth-order valence-corrected chi connectivity index (χ4v) is 7.85. The van der Waals surface area contributed by atoms with Crippen molar-refractivity contribution in [3.8, 4) is 22.6 Å². The largest absolute Gasteiger partial charge is 0.512 e. The number of pyridine rings is 1. The van der Waals surface area contributed by atoms with E-state index in [0.29, 0.717) is 5.92 Å². The van der Waals surface area contributed by atoms with Gasteiger partial charge >= 0.3 is 0 Å². The Hall–Kier alpha value is -3.57. The summed E-state index contributed by atoms with van der Waals surface area (Å²) in [4.78, 5) is 17.0. The van der Waals surface area contributed by atoms with E-state index in [4.69, 9.17) is 9.40 Å². The van der Waals surface area contributed by atoms with E-state index >= 15 is 0 Å². The molecule has 0 saturated heterocycles. The number of hydrogen-bond donors (Lipinski definition) is 1. The van der Waals surface area contributed by atoms with E-state index < -0.39 is 0 Å². The maximum absolute atomic E-state index is 12.2. The van der Waals surface area contributed by atoms with Gasteiger partial charge < -0.3 is 9.52 Å². The number of fused-ring (bicyclic) bond motifs is 3. The maximum atomic E-state index is 12.2. The molecule has 0 atom stereocenters. The van der Waals surface area contributed by atoms with Crippen LogP contribution in [-0.2, 0) is 36.7 Å². The standard InChI is InChI=1S/C33H30NOS.C15H28O2.Ir/c1-20(2)14-21-10-11-25-27(19-36-31(25)15-21)30-18-26-29(35-30)12-13-34-32(26)23-16-22-8-6-7-9-24(22)28(17-23)33(3,4)5;1-7-14(5,8-2)12(16)11-13(17)15(6,9-3)10-4;/h6-13,15,17-20H,14H2,1-5H3;11,16H,7-10H2,1-6H3;/q-1;;/b;12-11-;. The number of nitrogens with zero attached hydrogens (tertiary/aromatic N) is 1. The Morgan fingerprint density at radius 2 is 1.54 bits per heavy atom. The summed E-state index contributed by atoms with van der Waals surface area (Å²) in [6.07, 6.45) is 7.70. The molecule has 54 heavy (non-hydrogen) atoms. The molecule has 0 amide bonds. The number of hydrogen-bond acceptors (Lipinski definition) is 5. The van der Waals surface area contributed by atoms with Crippen LogP contribution in [0.1, 0.15) is 113 Å². The monoisotopic (exact) mass is 921 g/mol. The molecule has 0 bridgehead atoms. The molecule has 3 aromatic carbocycles. The molecule has 6 aromatic rings. The first kappa shape index (κ1) is 43.2. The topological polar surface area (TPSA) is 63.3 Å². The quantitative estimate of drug-likeness (QED) is 0.0799. The van der Waals surface area contributed by atoms with Crippen molar-refractivity contribution in [2.45, 2.75) is 114 Å². The molecule has 1 N–H and O–H groups in total. The van der Waals surface area contributed by atoms with Gasteiger partial charge in [-0.15, -0.1) is 40.5 Å². The SMILES string of the molecule is CC(C)Cc1ccc2c(-c3cc4c(-c5[c-]c6ccccc6c(C(C)(C)C)c5)nccc4o3)csc2c1.CCC(C)(CC)C(=O)/C=C(\O)C(C)(CC)CC.[Ir]. The third kappa shape index (κ3) is 9.10. The number of benzene rings is 3. The van der Waals surface area contributed by atoms with Crippen LogP contribution in [0.5, 0.6) is 0 Å². The Morgan fingerprint density at radius 1 is 0.870 bits per heavy atom. The average Bonchev–Trinajstić information content (AvgIpc) is 3.77. The molecule has 3 heterocycles. The van der Waals surface area contributed by atoms with Gasteiger partial charge in [0.15, 0.2) is 5.78 Å². The number of aromatic nitrogens is 1. The van der Waals surface area contributed by atoms with Gasteiger partial charge in [0.2, 0.25) is 0 Å². The van der Waals surface area contributed by atoms with E-state index in [-0.39, 0.29) is 47.9 Å². The molecular weight excluding hydrogens is 863 g/mol. The molecule has 6 heteroatoms. The Kier molecular flexibility index (Phi) is 14.0. The molecule has 6 rings (SSSR count). The number of rotatable bonds is 11. The van der Waals surface area contributed by atoms with Crippen molar-refractivity contribution in [3.05, 3.63) is 101 Å². The number of furan rings is 1. The van der Waals surface area contributed by atoms with E-state index in [2.05, 4.69) is 101 Å². The smallest absolute Gasteiger partial charge is 0.164 e. The van der Waals surface area contributed by atoms with Crippen molar-refractivity contribution in [2.75, 3.05) is 0 Å². The summed E-state index contributed by atoms with van der Waals surface area (Å²) >= 11 is 1.78. The van der Waals surface area contributed by atoms with Crippen molar-refractivity contribution >= 4 is 48.9 Å². The summed E-state index contributed by atoms with van der Waals surface area (Å²) < 4.78 is 7.72. The molecule has 0 aliphatic heterocycles. The molecule has 0 fully saturated rings. The Labute approximate surface area is 340 Å². The first-order valence-corrected chi connectivity index (χ1v) is 20.3. The number of aliphatic hydroxyl groups is 1. The zero-order valence-corrected chi connectivity index (χ0v) is 37.3. The van der Waals surface area contributed by atoms with Gasteiger partial charge in [-0.3, -0.25) is 9.78 Å². The summed E-state index contributed by atoms with van der Waals surface area (Å²) in [7, 11) is 0. The van der Waals surface area contributed by atoms with Gasteiger partial charge in [0, 0.05) is 75.3 Å². The summed E-state index contributed by atoms with van der Waals surface area (Å²) in [5, 5.41) is 17.0. The summed E-state index contributed by atoms with van der Waals surface area (Å²) in [6, 6.07) is 25.4. The maximum Gasteiger partial charge on any atom is 0.164 e. The molecular formula is C48H58IrNO3S-. The van der Waals surface area contributed by atoms with Crippen LogP contribution in [-0.4, -0.2) is 15.9 Å². The average molecular weight is 921 g/mol. The van der Waals surface area contributed by atoms with Gasteiger partial charge in [0.25, 0.3) is 0 Å². The van der Waals surface area contributed by atoms with Gasteiger partial charge in [-0.1, -0.05) is 117 Å². The predicted octanol–water partition coefficient (Wildman–Crippen LogP) is 14.5. The Morgan fingerprint density at radius 3 is 2.17 bits per heavy atom. The van der Waals surface area contributed by atoms with Crippen molar-refractivity contribution in [2.24, 2.45) is 16.7 Å². The number of aliphatic hydroxyl groups excluding tert-OH is 1.